The maximum Gasteiger partial charge on any atom is 0.425 e. The predicted octanol–water partition coefficient (Wildman–Crippen LogP) is 7.94. The Morgan fingerprint density at radius 1 is 0.812 bits per heavy atom. The lowest BCUT2D eigenvalue weighted by molar-refractivity contribution is 0.0428. The van der Waals surface area contributed by atoms with E-state index >= 15 is 4.39 Å². The maximum absolute atomic E-state index is 15.3. The van der Waals surface area contributed by atoms with E-state index in [0.717, 1.165) is 12.1 Å². The van der Waals surface area contributed by atoms with Crippen molar-refractivity contribution in [2.75, 3.05) is 12.0 Å². The molecular formula is C35H35F2N5O6. The average molecular weight is 660 g/mol. The number of benzene rings is 2. The molecule has 0 N–H and O–H groups in total. The number of ether oxygens (including phenoxy) is 3. The van der Waals surface area contributed by atoms with Gasteiger partial charge in [0, 0.05) is 18.8 Å². The first-order valence-electron chi connectivity index (χ1n) is 15.1. The van der Waals surface area contributed by atoms with Gasteiger partial charge in [-0.1, -0.05) is 6.92 Å². The lowest BCUT2D eigenvalue weighted by Crippen LogP contribution is -2.44. The van der Waals surface area contributed by atoms with Crippen LogP contribution < -0.4 is 4.90 Å². The zero-order chi connectivity index (χ0) is 35.1. The highest BCUT2D eigenvalue weighted by Gasteiger charge is 2.34. The van der Waals surface area contributed by atoms with Crippen LogP contribution >= 0.6 is 0 Å². The van der Waals surface area contributed by atoms with Gasteiger partial charge < -0.3 is 14.2 Å². The van der Waals surface area contributed by atoms with Crippen molar-refractivity contribution in [1.82, 2.24) is 19.5 Å². The molecule has 3 heterocycles. The van der Waals surface area contributed by atoms with Crippen LogP contribution in [0, 0.1) is 11.6 Å². The van der Waals surface area contributed by atoms with E-state index in [1.165, 1.54) is 25.6 Å². The van der Waals surface area contributed by atoms with Crippen LogP contribution in [0.5, 0.6) is 0 Å². The van der Waals surface area contributed by atoms with Crippen LogP contribution in [0.4, 0.5) is 24.2 Å². The van der Waals surface area contributed by atoms with Crippen LogP contribution in [-0.2, 0) is 20.6 Å². The van der Waals surface area contributed by atoms with Gasteiger partial charge in [-0.2, -0.15) is 4.90 Å². The van der Waals surface area contributed by atoms with Gasteiger partial charge in [0.25, 0.3) is 0 Å². The smallest absolute Gasteiger partial charge is 0.425 e. The summed E-state index contributed by atoms with van der Waals surface area (Å²) in [5.74, 6) is -1.72. The highest BCUT2D eigenvalue weighted by molar-refractivity contribution is 6.09. The zero-order valence-corrected chi connectivity index (χ0v) is 27.8. The summed E-state index contributed by atoms with van der Waals surface area (Å²) in [6.45, 7) is 11.8. The lowest BCUT2D eigenvalue weighted by atomic mass is 10.0. The molecule has 0 aliphatic rings. The molecule has 0 fully saturated rings. The van der Waals surface area contributed by atoms with Gasteiger partial charge in [0.2, 0.25) is 0 Å². The van der Waals surface area contributed by atoms with Gasteiger partial charge in [0.15, 0.2) is 0 Å². The van der Waals surface area contributed by atoms with E-state index in [4.69, 9.17) is 19.2 Å². The SMILES string of the molecule is CCc1nc2c(C(=O)OC)cc(-c3ccnc(N(C(=O)OC(C)(C)C)C(=O)OC(C)(C)C)c3)cc2n1-c1ccnc2c(F)ccc(F)c12. The molecule has 0 bridgehead atoms. The number of rotatable bonds is 5. The third-order valence-electron chi connectivity index (χ3n) is 7.02. The number of hydrogen-bond donors (Lipinski definition) is 0. The number of aromatic nitrogens is 4. The Balaban J connectivity index is 1.76. The third kappa shape index (κ3) is 6.66. The average Bonchev–Trinajstić information content (AvgIpc) is 3.38. The van der Waals surface area contributed by atoms with Crippen molar-refractivity contribution in [3.63, 3.8) is 0 Å². The molecule has 0 aliphatic heterocycles. The topological polar surface area (TPSA) is 126 Å². The molecule has 2 amide bonds. The summed E-state index contributed by atoms with van der Waals surface area (Å²) in [7, 11) is 1.23. The highest BCUT2D eigenvalue weighted by atomic mass is 19.1. The van der Waals surface area contributed by atoms with Crippen molar-refractivity contribution in [3.05, 3.63) is 77.9 Å². The molecule has 3 aromatic heterocycles. The van der Waals surface area contributed by atoms with Crippen molar-refractivity contribution < 1.29 is 37.4 Å². The fourth-order valence-corrected chi connectivity index (χ4v) is 5.12. The van der Waals surface area contributed by atoms with Gasteiger partial charge in [-0.3, -0.25) is 9.55 Å². The first-order chi connectivity index (χ1) is 22.5. The Hall–Kier alpha value is -5.46. The number of carbonyl (C=O) groups is 3. The van der Waals surface area contributed by atoms with Crippen molar-refractivity contribution in [2.45, 2.75) is 66.1 Å². The van der Waals surface area contributed by atoms with E-state index < -0.39 is 41.0 Å². The van der Waals surface area contributed by atoms with E-state index in [1.54, 1.807) is 70.4 Å². The van der Waals surface area contributed by atoms with Crippen LogP contribution in [0.3, 0.4) is 0 Å². The van der Waals surface area contributed by atoms with Crippen LogP contribution in [0.25, 0.3) is 38.8 Å². The third-order valence-corrected chi connectivity index (χ3v) is 7.02. The molecule has 5 rings (SSSR count). The highest BCUT2D eigenvalue weighted by Crippen LogP contribution is 2.35. The molecule has 48 heavy (non-hydrogen) atoms. The van der Waals surface area contributed by atoms with Crippen LogP contribution in [0.1, 0.15) is 64.6 Å². The van der Waals surface area contributed by atoms with Gasteiger partial charge in [-0.25, -0.2) is 33.1 Å². The van der Waals surface area contributed by atoms with Gasteiger partial charge in [-0.15, -0.1) is 0 Å². The molecule has 0 radical (unpaired) electrons. The van der Waals surface area contributed by atoms with Crippen LogP contribution in [0.15, 0.2) is 54.9 Å². The second-order valence-corrected chi connectivity index (χ2v) is 12.9. The largest absolute Gasteiger partial charge is 0.465 e. The lowest BCUT2D eigenvalue weighted by Gasteiger charge is -2.28. The van der Waals surface area contributed by atoms with Gasteiger partial charge in [-0.05, 0) is 95.1 Å². The summed E-state index contributed by atoms with van der Waals surface area (Å²) < 4.78 is 47.9. The first kappa shape index (κ1) is 33.9. The summed E-state index contributed by atoms with van der Waals surface area (Å²) in [4.78, 5) is 53.5. The fraction of sp³-hybridized carbons (Fsp3) is 0.314. The predicted molar refractivity (Wildman–Crippen MR) is 175 cm³/mol. The Morgan fingerprint density at radius 3 is 2.04 bits per heavy atom. The maximum atomic E-state index is 15.3. The molecule has 11 nitrogen and oxygen atoms in total. The Morgan fingerprint density at radius 2 is 1.44 bits per heavy atom. The van der Waals surface area contributed by atoms with Gasteiger partial charge in [0.05, 0.1) is 29.3 Å². The Labute approximate surface area is 275 Å². The van der Waals surface area contributed by atoms with Crippen molar-refractivity contribution >= 4 is 45.9 Å². The number of imide groups is 1. The summed E-state index contributed by atoms with van der Waals surface area (Å²) in [5.41, 5.74) is -0.157. The number of hydrogen-bond acceptors (Lipinski definition) is 9. The number of aryl methyl sites for hydroxylation is 1. The number of fused-ring (bicyclic) bond motifs is 2. The zero-order valence-electron chi connectivity index (χ0n) is 27.8. The van der Waals surface area contributed by atoms with E-state index in [-0.39, 0.29) is 33.5 Å². The molecule has 0 saturated carbocycles. The summed E-state index contributed by atoms with van der Waals surface area (Å²) in [6.07, 6.45) is 1.12. The van der Waals surface area contributed by atoms with E-state index in [0.29, 0.717) is 33.8 Å². The monoisotopic (exact) mass is 659 g/mol. The minimum Gasteiger partial charge on any atom is -0.465 e. The van der Waals surface area contributed by atoms with E-state index in [1.807, 2.05) is 6.92 Å². The fourth-order valence-electron chi connectivity index (χ4n) is 5.12. The number of amides is 2. The number of methoxy groups -OCH3 is 1. The molecule has 2 aromatic carbocycles. The van der Waals surface area contributed by atoms with Crippen molar-refractivity contribution in [3.8, 4) is 16.8 Å². The Bertz CT molecular complexity index is 2050. The minimum atomic E-state index is -1.00. The quantitative estimate of drug-likeness (QED) is 0.137. The molecule has 0 aliphatic carbocycles. The van der Waals surface area contributed by atoms with E-state index in [9.17, 15) is 18.8 Å². The summed E-state index contributed by atoms with van der Waals surface area (Å²) in [5, 5.41) is -0.0620. The molecule has 5 aromatic rings. The number of carbonyl (C=O) groups excluding carboxylic acids is 3. The first-order valence-corrected chi connectivity index (χ1v) is 15.1. The molecule has 0 unspecified atom stereocenters. The molecule has 250 valence electrons. The van der Waals surface area contributed by atoms with Crippen molar-refractivity contribution in [2.24, 2.45) is 0 Å². The summed E-state index contributed by atoms with van der Waals surface area (Å²) >= 11 is 0. The molecule has 0 spiro atoms. The molecule has 13 heteroatoms. The molecule has 0 saturated heterocycles. The molecule has 0 atom stereocenters. The van der Waals surface area contributed by atoms with E-state index in [2.05, 4.69) is 9.97 Å². The second-order valence-electron chi connectivity index (χ2n) is 12.9. The van der Waals surface area contributed by atoms with Gasteiger partial charge in [0.1, 0.15) is 45.5 Å². The summed E-state index contributed by atoms with van der Waals surface area (Å²) in [6, 6.07) is 9.93. The number of anilines is 1. The number of imidazole rings is 1. The second kappa shape index (κ2) is 12.6. The standard InChI is InChI=1S/C35H35F2N5O6/c1-9-26-40-29-21(31(43)46-8)16-20(17-25(29)41(26)24-13-15-39-30-23(37)11-10-22(36)28(24)30)19-12-14-38-27(18-19)42(32(44)47-34(2,3)4)33(45)48-35(5,6)7/h10-18H,9H2,1-8H3. The number of nitrogens with zero attached hydrogens (tertiary/aromatic N) is 5. The van der Waals surface area contributed by atoms with Crippen LogP contribution in [0.2, 0.25) is 0 Å². The number of pyridine rings is 2. The van der Waals surface area contributed by atoms with Crippen molar-refractivity contribution in [1.29, 1.82) is 0 Å². The van der Waals surface area contributed by atoms with Gasteiger partial charge >= 0.3 is 18.2 Å². The van der Waals surface area contributed by atoms with Crippen LogP contribution in [-0.4, -0.2) is 56.0 Å². The Kier molecular flexibility index (Phi) is 8.91. The number of halogens is 2. The molecular weight excluding hydrogens is 624 g/mol. The normalized spacial score (nSPS) is 11.9. The minimum absolute atomic E-state index is 0.0620. The number of esters is 1.